The number of anilines is 1. The third-order valence-electron chi connectivity index (χ3n) is 4.61. The van der Waals surface area contributed by atoms with Gasteiger partial charge in [0.1, 0.15) is 0 Å². The molecule has 23 heavy (non-hydrogen) atoms. The van der Waals surface area contributed by atoms with Crippen LogP contribution < -0.4 is 5.32 Å². The van der Waals surface area contributed by atoms with Gasteiger partial charge in [0.25, 0.3) is 0 Å². The summed E-state index contributed by atoms with van der Waals surface area (Å²) in [4.78, 5) is 14.7. The number of nitrogens with zero attached hydrogens (tertiary/aromatic N) is 1. The lowest BCUT2D eigenvalue weighted by molar-refractivity contribution is -0.116. The van der Waals surface area contributed by atoms with E-state index < -0.39 is 0 Å². The van der Waals surface area contributed by atoms with Crippen LogP contribution in [0.4, 0.5) is 5.69 Å². The van der Waals surface area contributed by atoms with Gasteiger partial charge in [-0.3, -0.25) is 9.69 Å². The Morgan fingerprint density at radius 2 is 2.09 bits per heavy atom. The molecule has 0 radical (unpaired) electrons. The van der Waals surface area contributed by atoms with Crippen molar-refractivity contribution in [1.29, 1.82) is 0 Å². The highest BCUT2D eigenvalue weighted by molar-refractivity contribution is 7.98. The summed E-state index contributed by atoms with van der Waals surface area (Å²) in [6.45, 7) is 4.64. The highest BCUT2D eigenvalue weighted by atomic mass is 35.5. The largest absolute Gasteiger partial charge is 0.325 e. The fourth-order valence-corrected chi connectivity index (χ4v) is 4.02. The van der Waals surface area contributed by atoms with Crippen LogP contribution in [0.5, 0.6) is 0 Å². The molecular formula is C18H27ClN2OS. The van der Waals surface area contributed by atoms with Crippen LogP contribution in [0.1, 0.15) is 32.6 Å². The summed E-state index contributed by atoms with van der Waals surface area (Å²) in [5.74, 6) is 1.94. The van der Waals surface area contributed by atoms with Gasteiger partial charge in [0.05, 0.1) is 10.7 Å². The molecule has 0 bridgehead atoms. The zero-order valence-corrected chi connectivity index (χ0v) is 15.6. The summed E-state index contributed by atoms with van der Waals surface area (Å²) in [6.07, 6.45) is 6.13. The van der Waals surface area contributed by atoms with Gasteiger partial charge < -0.3 is 5.32 Å². The number of piperidine rings is 1. The number of para-hydroxylation sites is 1. The van der Waals surface area contributed by atoms with Gasteiger partial charge in [0.15, 0.2) is 0 Å². The van der Waals surface area contributed by atoms with Crippen LogP contribution >= 0.6 is 23.4 Å². The van der Waals surface area contributed by atoms with E-state index in [0.29, 0.717) is 29.1 Å². The number of thioether (sulfide) groups is 1. The fourth-order valence-electron chi connectivity index (χ4n) is 3.14. The van der Waals surface area contributed by atoms with Crippen LogP contribution in [0, 0.1) is 5.92 Å². The normalized spacial score (nSPS) is 17.9. The van der Waals surface area contributed by atoms with Crippen LogP contribution in [0.25, 0.3) is 0 Å². The number of benzene rings is 1. The van der Waals surface area contributed by atoms with Crippen molar-refractivity contribution in [2.75, 3.05) is 30.4 Å². The highest BCUT2D eigenvalue weighted by Gasteiger charge is 2.22. The molecule has 0 spiro atoms. The molecular weight excluding hydrogens is 328 g/mol. The Balaban J connectivity index is 1.69. The number of carbonyl (C=O) groups is 1. The maximum atomic E-state index is 12.1. The molecule has 0 saturated carbocycles. The Bertz CT molecular complexity index is 504. The molecule has 1 amide bonds. The van der Waals surface area contributed by atoms with Gasteiger partial charge in [-0.15, -0.1) is 0 Å². The molecule has 3 nitrogen and oxygen atoms in total. The topological polar surface area (TPSA) is 32.3 Å². The van der Waals surface area contributed by atoms with E-state index >= 15 is 0 Å². The second-order valence-electron chi connectivity index (χ2n) is 6.35. The minimum absolute atomic E-state index is 0.0660. The molecule has 1 aliphatic rings. The molecule has 1 N–H and O–H groups in total. The highest BCUT2D eigenvalue weighted by Crippen LogP contribution is 2.25. The van der Waals surface area contributed by atoms with Gasteiger partial charge in [-0.25, -0.2) is 0 Å². The molecule has 0 aliphatic carbocycles. The lowest BCUT2D eigenvalue weighted by Gasteiger charge is -2.35. The number of halogens is 1. The van der Waals surface area contributed by atoms with Crippen molar-refractivity contribution >= 4 is 35.0 Å². The third kappa shape index (κ3) is 6.02. The zero-order valence-electron chi connectivity index (χ0n) is 14.1. The molecule has 1 saturated heterocycles. The number of amides is 1. The predicted octanol–water partition coefficient (Wildman–Crippen LogP) is 4.52. The summed E-state index contributed by atoms with van der Waals surface area (Å²) in [5, 5.41) is 3.50. The number of nitrogens with one attached hydrogen (secondary N) is 1. The van der Waals surface area contributed by atoms with Crippen LogP contribution in [0.15, 0.2) is 24.3 Å². The first-order valence-corrected chi connectivity index (χ1v) is 10.1. The monoisotopic (exact) mass is 354 g/mol. The number of hydrogen-bond acceptors (Lipinski definition) is 3. The van der Waals surface area contributed by atoms with E-state index in [2.05, 4.69) is 23.4 Å². The van der Waals surface area contributed by atoms with Crippen LogP contribution in [0.3, 0.4) is 0 Å². The van der Waals surface area contributed by atoms with E-state index in [-0.39, 0.29) is 5.91 Å². The van der Waals surface area contributed by atoms with E-state index in [0.717, 1.165) is 6.42 Å². The Kier molecular flexibility index (Phi) is 7.74. The number of likely N-dealkylation sites (tertiary alicyclic amines) is 1. The Hall–Kier alpha value is -0.710. The molecule has 2 rings (SSSR count). The SMILES string of the molecule is CSCC(C)N1CCC(CCC(=O)Nc2ccccc2Cl)CC1. The second-order valence-corrected chi connectivity index (χ2v) is 7.67. The lowest BCUT2D eigenvalue weighted by atomic mass is 9.91. The van der Waals surface area contributed by atoms with Crippen LogP contribution in [-0.4, -0.2) is 41.9 Å². The molecule has 0 aromatic heterocycles. The standard InChI is InChI=1S/C18H27ClN2OS/c1-14(13-23-2)21-11-9-15(10-12-21)7-8-18(22)20-17-6-4-3-5-16(17)19/h3-6,14-15H,7-13H2,1-2H3,(H,20,22). The van der Waals surface area contributed by atoms with E-state index in [4.69, 9.17) is 11.6 Å². The zero-order chi connectivity index (χ0) is 16.7. The smallest absolute Gasteiger partial charge is 0.224 e. The molecule has 128 valence electrons. The maximum absolute atomic E-state index is 12.1. The minimum atomic E-state index is 0.0660. The predicted molar refractivity (Wildman–Crippen MR) is 101 cm³/mol. The van der Waals surface area contributed by atoms with Gasteiger partial charge in [-0.2, -0.15) is 11.8 Å². The van der Waals surface area contributed by atoms with Crippen LogP contribution in [0.2, 0.25) is 5.02 Å². The van der Waals surface area contributed by atoms with E-state index in [1.807, 2.05) is 30.0 Å². The van der Waals surface area contributed by atoms with Gasteiger partial charge in [-0.05, 0) is 63.6 Å². The summed E-state index contributed by atoms with van der Waals surface area (Å²) in [7, 11) is 0. The molecule has 1 fully saturated rings. The van der Waals surface area contributed by atoms with Crippen molar-refractivity contribution in [1.82, 2.24) is 4.90 Å². The first-order chi connectivity index (χ1) is 11.1. The van der Waals surface area contributed by atoms with Crippen molar-refractivity contribution < 1.29 is 4.79 Å². The first-order valence-electron chi connectivity index (χ1n) is 8.37. The van der Waals surface area contributed by atoms with Crippen molar-refractivity contribution in [2.45, 2.75) is 38.6 Å². The molecule has 1 atom stereocenters. The molecule has 1 aliphatic heterocycles. The average molecular weight is 355 g/mol. The molecule has 5 heteroatoms. The van der Waals surface area contributed by atoms with Crippen molar-refractivity contribution in [3.05, 3.63) is 29.3 Å². The van der Waals surface area contributed by atoms with Crippen LogP contribution in [-0.2, 0) is 4.79 Å². The maximum Gasteiger partial charge on any atom is 0.224 e. The van der Waals surface area contributed by atoms with E-state index in [1.165, 1.54) is 31.7 Å². The summed E-state index contributed by atoms with van der Waals surface area (Å²) in [6, 6.07) is 8.04. The molecule has 1 heterocycles. The Morgan fingerprint density at radius 3 is 2.74 bits per heavy atom. The summed E-state index contributed by atoms with van der Waals surface area (Å²) < 4.78 is 0. The number of rotatable bonds is 7. The van der Waals surface area contributed by atoms with Gasteiger partial charge in [-0.1, -0.05) is 23.7 Å². The Morgan fingerprint density at radius 1 is 1.39 bits per heavy atom. The van der Waals surface area contributed by atoms with Gasteiger partial charge in [0, 0.05) is 18.2 Å². The quantitative estimate of drug-likeness (QED) is 0.781. The fraction of sp³-hybridized carbons (Fsp3) is 0.611. The first kappa shape index (κ1) is 18.6. The molecule has 1 aromatic carbocycles. The van der Waals surface area contributed by atoms with Crippen molar-refractivity contribution in [3.63, 3.8) is 0 Å². The minimum Gasteiger partial charge on any atom is -0.325 e. The van der Waals surface area contributed by atoms with Gasteiger partial charge >= 0.3 is 0 Å². The van der Waals surface area contributed by atoms with E-state index in [1.54, 1.807) is 6.07 Å². The lowest BCUT2D eigenvalue weighted by Crippen LogP contribution is -2.41. The molecule has 1 aromatic rings. The number of hydrogen-bond donors (Lipinski definition) is 1. The molecule has 1 unspecified atom stereocenters. The van der Waals surface area contributed by atoms with E-state index in [9.17, 15) is 4.79 Å². The third-order valence-corrected chi connectivity index (χ3v) is 5.75. The summed E-state index contributed by atoms with van der Waals surface area (Å²) >= 11 is 7.98. The second kappa shape index (κ2) is 9.55. The van der Waals surface area contributed by atoms with Crippen molar-refractivity contribution in [2.24, 2.45) is 5.92 Å². The summed E-state index contributed by atoms with van der Waals surface area (Å²) in [5.41, 5.74) is 0.708. The van der Waals surface area contributed by atoms with Gasteiger partial charge in [0.2, 0.25) is 5.91 Å². The Labute approximate surface area is 149 Å². The van der Waals surface area contributed by atoms with Crippen molar-refractivity contribution in [3.8, 4) is 0 Å². The average Bonchev–Trinajstić information content (AvgIpc) is 2.56. The number of carbonyl (C=O) groups excluding carboxylic acids is 1.